The molecule has 0 aromatic rings. The Morgan fingerprint density at radius 1 is 0.248 bits per heavy atom. The third-order valence-electron chi connectivity index (χ3n) is 21.6. The van der Waals surface area contributed by atoms with Gasteiger partial charge in [0.05, 0.1) is 0 Å². The quantitative estimate of drug-likeness (QED) is 0.0157. The van der Waals surface area contributed by atoms with E-state index in [0.717, 1.165) is 79.7 Å². The average molecular weight is 3000 g/mol. The number of carboxylic acids is 3. The third-order valence-corrected chi connectivity index (χ3v) is 21.6. The molecule has 7 heterocycles. The van der Waals surface area contributed by atoms with E-state index in [1.807, 2.05) is 0 Å². The van der Waals surface area contributed by atoms with Gasteiger partial charge in [0.15, 0.2) is 0 Å². The maximum absolute atomic E-state index is 11.1. The molecule has 0 saturated heterocycles. The van der Waals surface area contributed by atoms with E-state index in [-0.39, 0.29) is 129 Å². The number of unbranched alkanes of at least 4 members (excludes halogenated alkanes) is 10. The Labute approximate surface area is 936 Å². The van der Waals surface area contributed by atoms with Crippen molar-refractivity contribution in [2.45, 2.75) is 242 Å². The van der Waals surface area contributed by atoms with Gasteiger partial charge in [0.2, 0.25) is 0 Å². The van der Waals surface area contributed by atoms with Gasteiger partial charge in [-0.15, -0.1) is 0 Å². The number of aliphatic hydroxyl groups is 1. The van der Waals surface area contributed by atoms with Gasteiger partial charge in [0.25, 0.3) is 82.7 Å². The number of aliphatic carboxylic acids is 3. The number of rotatable bonds is 36. The number of aliphatic hydroxyl groups excluding tert-OH is 1. The van der Waals surface area contributed by atoms with Crippen LogP contribution in [-0.4, -0.2) is 303 Å². The van der Waals surface area contributed by atoms with Crippen molar-refractivity contribution in [1.82, 2.24) is 55.6 Å². The van der Waals surface area contributed by atoms with Crippen LogP contribution in [0.5, 0.6) is 0 Å². The summed E-state index contributed by atoms with van der Waals surface area (Å²) in [5.74, 6) is -5.14. The third kappa shape index (κ3) is 81.8. The summed E-state index contributed by atoms with van der Waals surface area (Å²) in [6.07, 6.45) is 42.6. The van der Waals surface area contributed by atoms with Gasteiger partial charge < -0.3 is 113 Å². The zero-order valence-corrected chi connectivity index (χ0v) is 97.6. The Morgan fingerprint density at radius 3 is 0.510 bits per heavy atom. The number of carbonyl (C=O) groups is 21. The van der Waals surface area contributed by atoms with E-state index in [9.17, 15) is 101 Å². The van der Waals surface area contributed by atoms with Crippen molar-refractivity contribution in [3.63, 3.8) is 0 Å². The molecule has 0 unspecified atom stereocenters. The molecule has 149 heavy (non-hydrogen) atoms. The summed E-state index contributed by atoms with van der Waals surface area (Å²) in [5, 5.41) is 73.7. The Hall–Kier alpha value is -7.48. The van der Waals surface area contributed by atoms with E-state index in [2.05, 4.69) is 49.0 Å². The van der Waals surface area contributed by atoms with Crippen LogP contribution in [0.4, 0.5) is 19.2 Å². The first kappa shape index (κ1) is 150. The molecule has 8 atom stereocenters. The molecule has 44 nitrogen and oxygen atoms in total. The fourth-order valence-corrected chi connectivity index (χ4v) is 13.6. The molecule has 56 heteroatoms. The number of carboxylic acid groups (broad SMARTS) is 7. The van der Waals surface area contributed by atoms with Gasteiger partial charge in [-0.1, -0.05) is 122 Å². The monoisotopic (exact) mass is 2990 g/mol. The van der Waals surface area contributed by atoms with E-state index >= 15 is 0 Å². The summed E-state index contributed by atoms with van der Waals surface area (Å²) in [6.45, 7) is 18.5. The number of halogens is 8. The standard InChI is InChI=1S/2C10H14N2O4.3C10H13NO4.2C7H8N2O4.4C7H13N.CH4O.8ClH.4Pt/c2*13-8-4-5-9(14)12(8)7-3-1-2-6-11-10(15)16;3*12-8-5-6-9(13)11(8)7-3-1-2-4-10(14)15;2*10-5-1-2-6(11)9(5)4-3-8-7(12)13;4*1-6-4-2-3-5-7(6)8;1-2;;;;;;;;;;;;/h2*4-5,11H,1-3,6-7H2,(H,15,16);3*5-6H,1-4,7H2,(H,14,15);2*1-2,8H,3-4H2,(H,12,13);4*6-8H,1-5H2;2H,1H3;8*1H;;;;/q;;;;;;;4*-2;;;;;;;;;;4*+4/p-8/t;;;;;;;4*6-,7-;;;;;;;;;;;;;/m.......1111............./s1. The summed E-state index contributed by atoms with van der Waals surface area (Å²) in [6, 6.07) is 0.569. The number of nitrogens with one attached hydrogen (secondary N) is 8. The summed E-state index contributed by atoms with van der Waals surface area (Å²) in [4.78, 5) is 233. The predicted octanol–water partition coefficient (Wildman–Crippen LogP) is 15.6. The second-order valence-electron chi connectivity index (χ2n) is 32.6. The molecule has 0 radical (unpaired) electrons. The van der Waals surface area contributed by atoms with Gasteiger partial charge >= 0.3 is 184 Å². The number of imide groups is 7. The van der Waals surface area contributed by atoms with Crippen LogP contribution in [0, 0.1) is 51.4 Å². The van der Waals surface area contributed by atoms with Crippen molar-refractivity contribution in [2.75, 3.05) is 79.1 Å². The average Bonchev–Trinajstić information content (AvgIpc) is 1.77. The number of carbonyl (C=O) groups excluding carboxylic acids is 14. The van der Waals surface area contributed by atoms with E-state index in [1.54, 1.807) is 0 Å². The molecular formula is C93H139Cl8N15O29Pt4. The van der Waals surface area contributed by atoms with Crippen LogP contribution in [0.25, 0.3) is 22.9 Å². The van der Waals surface area contributed by atoms with Crippen LogP contribution in [0.1, 0.15) is 218 Å². The van der Waals surface area contributed by atoms with E-state index in [0.29, 0.717) is 153 Å². The van der Waals surface area contributed by atoms with Crippen molar-refractivity contribution >= 4 is 200 Å². The van der Waals surface area contributed by atoms with Gasteiger partial charge in [-0.3, -0.25) is 116 Å². The second-order valence-corrected chi connectivity index (χ2v) is 45.7. The van der Waals surface area contributed by atoms with Crippen LogP contribution in [0.3, 0.4) is 0 Å². The normalized spacial score (nSPS) is 19.5. The van der Waals surface area contributed by atoms with Crippen molar-refractivity contribution in [2.24, 2.45) is 23.7 Å². The summed E-state index contributed by atoms with van der Waals surface area (Å²) in [7, 11) is 40.0. The topological polar surface area (TPSA) is 686 Å². The first-order valence-electron chi connectivity index (χ1n) is 46.8. The minimum absolute atomic E-state index is 0.0501. The molecular weight excluding hydrogens is 2860 g/mol. The molecule has 4 aliphatic carbocycles. The summed E-state index contributed by atoms with van der Waals surface area (Å²) < 4.78 is 0. The van der Waals surface area contributed by atoms with E-state index in [4.69, 9.17) is 139 Å². The van der Waals surface area contributed by atoms with E-state index in [1.165, 1.54) is 162 Å². The van der Waals surface area contributed by atoms with Crippen molar-refractivity contribution in [3.8, 4) is 0 Å². The Kier molecular flexibility index (Phi) is 98.1. The number of hydrogen-bond acceptors (Lipinski definition) is 22. The van der Waals surface area contributed by atoms with Gasteiger partial charge in [0.1, 0.15) is 0 Å². The molecule has 11 rings (SSSR count). The summed E-state index contributed by atoms with van der Waals surface area (Å²) >= 11 is -1.89. The van der Waals surface area contributed by atoms with Crippen molar-refractivity contribution < 1.29 is 207 Å². The SMILES string of the molecule is CO.O=C(O)CCCCCN1C(=O)C=CC1=O.O=C(O)CCCCCN1C(=O)C=CC1=O.O=C(O)CCCCCN1C(=O)C=CC1=O.O=C(O)NCCCCCN1C(=O)C=CC1=O.O=C(O)NCCCCCN1C(=O)C=CC1=O.O=C(O)NCCN1C(=O)C=CC1=O.O=C(O)NCCN1C(=O)C=CC1=O.[CH2-][C@@H]1CCCC[C@H]1[NH-].[CH2-][C@@H]1CCCC[C@H]1[NH-].[CH2-][C@@H]1CCCC[C@H]1[NH-].[CH2-][C@@H]1CCCC[C@H]1[NH-].[Cl][Pt+2][Cl].[Cl][Pt+2][Cl].[Cl][Pt+2][Cl].[Cl][Pt+2][Cl]. The fourth-order valence-electron chi connectivity index (χ4n) is 13.6. The van der Waals surface area contributed by atoms with Crippen LogP contribution in [-0.2, 0) is 147 Å². The number of hydrogen-bond donors (Lipinski definition) is 12. The van der Waals surface area contributed by atoms with Gasteiger partial charge in [0, 0.05) is 183 Å². The molecule has 7 aliphatic heterocycles. The molecule has 11 aliphatic rings. The maximum atomic E-state index is 11.1. The molecule has 0 aromatic carbocycles. The van der Waals surface area contributed by atoms with Crippen molar-refractivity contribution in [3.05, 3.63) is 136 Å². The first-order valence-corrected chi connectivity index (χ1v) is 69.4. The van der Waals surface area contributed by atoms with Crippen LogP contribution in [0.2, 0.25) is 0 Å². The minimum atomic E-state index is -1.17. The Balaban J connectivity index is -0.000000507. The van der Waals surface area contributed by atoms with Gasteiger partial charge in [-0.05, 0) is 77.0 Å². The Bertz CT molecular complexity index is 3750. The number of amides is 18. The van der Waals surface area contributed by atoms with Gasteiger partial charge in [-0.2, -0.15) is 47.8 Å². The Morgan fingerprint density at radius 2 is 0.383 bits per heavy atom. The first-order chi connectivity index (χ1) is 70.6. The van der Waals surface area contributed by atoms with Crippen molar-refractivity contribution in [1.29, 1.82) is 0 Å². The zero-order valence-electron chi connectivity index (χ0n) is 82.4. The zero-order chi connectivity index (χ0) is 114. The van der Waals surface area contributed by atoms with E-state index < -0.39 is 132 Å². The van der Waals surface area contributed by atoms with Gasteiger partial charge in [-0.25, -0.2) is 19.2 Å². The van der Waals surface area contributed by atoms with Crippen LogP contribution in [0.15, 0.2) is 85.1 Å². The summed E-state index contributed by atoms with van der Waals surface area (Å²) in [5.41, 5.74) is 29.7. The molecule has 16 N–H and O–H groups in total. The number of nitrogens with zero attached hydrogens (tertiary/aromatic N) is 7. The fraction of sp³-hybridized carbons (Fsp3) is 0.581. The molecule has 0 aromatic heterocycles. The molecule has 4 saturated carbocycles. The van der Waals surface area contributed by atoms with Crippen LogP contribution < -0.4 is 21.3 Å². The molecule has 0 spiro atoms. The second kappa shape index (κ2) is 97.5. The predicted molar refractivity (Wildman–Crippen MR) is 548 cm³/mol. The molecule has 18 amide bonds. The molecule has 0 bridgehead atoms. The molecule has 4 fully saturated rings. The molecule has 856 valence electrons. The van der Waals surface area contributed by atoms with Crippen LogP contribution >= 0.6 is 75.3 Å².